The van der Waals surface area contributed by atoms with Gasteiger partial charge in [0.05, 0.1) is 0 Å². The van der Waals surface area contributed by atoms with E-state index in [1.807, 2.05) is 0 Å². The molecule has 1 aliphatic carbocycles. The van der Waals surface area contributed by atoms with Crippen molar-refractivity contribution in [3.63, 3.8) is 0 Å². The summed E-state index contributed by atoms with van der Waals surface area (Å²) in [6.45, 7) is 5.10. The van der Waals surface area contributed by atoms with E-state index in [2.05, 4.69) is 6.58 Å². The van der Waals surface area contributed by atoms with Crippen LogP contribution in [0.3, 0.4) is 0 Å². The molecule has 0 spiro atoms. The second-order valence-corrected chi connectivity index (χ2v) is 5.29. The van der Waals surface area contributed by atoms with Crippen molar-refractivity contribution in [2.75, 3.05) is 6.61 Å². The average molecular weight is 302 g/mol. The molecule has 0 radical (unpaired) electrons. The number of ketones is 1. The third-order valence-corrected chi connectivity index (χ3v) is 3.87. The summed E-state index contributed by atoms with van der Waals surface area (Å²) >= 11 is 0. The first-order valence-electron chi connectivity index (χ1n) is 6.97. The van der Waals surface area contributed by atoms with Crippen LogP contribution in [-0.4, -0.2) is 28.6 Å². The zero-order valence-electron chi connectivity index (χ0n) is 12.3. The van der Waals surface area contributed by atoms with E-state index >= 15 is 0 Å². The lowest BCUT2D eigenvalue weighted by Gasteiger charge is -2.22. The summed E-state index contributed by atoms with van der Waals surface area (Å²) in [7, 11) is 0. The van der Waals surface area contributed by atoms with E-state index < -0.39 is 22.9 Å². The van der Waals surface area contributed by atoms with Gasteiger partial charge in [-0.15, -0.1) is 0 Å². The number of para-hydroxylation sites is 1. The molecule has 5 nitrogen and oxygen atoms in total. The Morgan fingerprint density at radius 1 is 1.32 bits per heavy atom. The van der Waals surface area contributed by atoms with Gasteiger partial charge in [-0.1, -0.05) is 24.8 Å². The number of carbonyl (C=O) groups is 2. The fraction of sp³-hybridized carbons (Fsp3) is 0.294. The summed E-state index contributed by atoms with van der Waals surface area (Å²) in [4.78, 5) is 24.7. The first-order chi connectivity index (χ1) is 10.4. The van der Waals surface area contributed by atoms with Gasteiger partial charge >= 0.3 is 5.97 Å². The highest BCUT2D eigenvalue weighted by Crippen LogP contribution is 2.44. The molecule has 2 N–H and O–H groups in total. The zero-order valence-corrected chi connectivity index (χ0v) is 12.3. The predicted molar refractivity (Wildman–Crippen MR) is 80.3 cm³/mol. The van der Waals surface area contributed by atoms with Crippen molar-refractivity contribution in [2.45, 2.75) is 19.8 Å². The van der Waals surface area contributed by atoms with Gasteiger partial charge in [0.2, 0.25) is 5.78 Å². The Morgan fingerprint density at radius 3 is 2.55 bits per heavy atom. The monoisotopic (exact) mass is 302 g/mol. The van der Waals surface area contributed by atoms with Gasteiger partial charge < -0.3 is 14.9 Å². The molecule has 0 heterocycles. The van der Waals surface area contributed by atoms with E-state index in [1.165, 1.54) is 6.92 Å². The molecule has 0 fully saturated rings. The summed E-state index contributed by atoms with van der Waals surface area (Å²) in [6.07, 6.45) is 0.649. The second-order valence-electron chi connectivity index (χ2n) is 5.29. The van der Waals surface area contributed by atoms with Crippen LogP contribution in [0, 0.1) is 5.41 Å². The quantitative estimate of drug-likeness (QED) is 0.495. The molecule has 0 bridgehead atoms. The van der Waals surface area contributed by atoms with Crippen molar-refractivity contribution in [1.29, 1.82) is 0 Å². The van der Waals surface area contributed by atoms with Crippen molar-refractivity contribution >= 4 is 11.8 Å². The minimum atomic E-state index is -1.63. The molecule has 0 unspecified atom stereocenters. The van der Waals surface area contributed by atoms with Crippen molar-refractivity contribution in [1.82, 2.24) is 0 Å². The van der Waals surface area contributed by atoms with E-state index in [-0.39, 0.29) is 18.6 Å². The normalized spacial score (nSPS) is 21.4. The number of rotatable bonds is 5. The van der Waals surface area contributed by atoms with E-state index in [1.54, 1.807) is 30.3 Å². The fourth-order valence-corrected chi connectivity index (χ4v) is 2.39. The van der Waals surface area contributed by atoms with Crippen LogP contribution in [0.5, 0.6) is 5.75 Å². The molecule has 22 heavy (non-hydrogen) atoms. The maximum atomic E-state index is 12.4. The summed E-state index contributed by atoms with van der Waals surface area (Å²) < 4.78 is 5.24. The SMILES string of the molecule is C=C1C(CCCO)=C(O)C(=O)[C@@]1(C)C(=O)Oc1ccccc1. The van der Waals surface area contributed by atoms with Crippen LogP contribution in [0.2, 0.25) is 0 Å². The summed E-state index contributed by atoms with van der Waals surface area (Å²) in [5.41, 5.74) is -1.10. The maximum Gasteiger partial charge on any atom is 0.329 e. The molecule has 0 aliphatic heterocycles. The number of allylic oxidation sites excluding steroid dienone is 2. The fourth-order valence-electron chi connectivity index (χ4n) is 2.39. The highest BCUT2D eigenvalue weighted by atomic mass is 16.5. The third kappa shape index (κ3) is 2.55. The van der Waals surface area contributed by atoms with Crippen molar-refractivity contribution in [3.05, 3.63) is 53.8 Å². The van der Waals surface area contributed by atoms with Gasteiger partial charge in [0.15, 0.2) is 11.2 Å². The van der Waals surface area contributed by atoms with Gasteiger partial charge in [-0.2, -0.15) is 0 Å². The van der Waals surface area contributed by atoms with Gasteiger partial charge in [-0.05, 0) is 37.5 Å². The number of ether oxygens (including phenoxy) is 1. The number of Topliss-reactive ketones (excluding diaryl/α,β-unsaturated/α-hetero) is 1. The molecule has 1 aromatic carbocycles. The Hall–Kier alpha value is -2.40. The molecule has 1 aromatic rings. The van der Waals surface area contributed by atoms with Crippen LogP contribution in [0.1, 0.15) is 19.8 Å². The van der Waals surface area contributed by atoms with E-state index in [0.29, 0.717) is 17.7 Å². The Morgan fingerprint density at radius 2 is 1.95 bits per heavy atom. The first kappa shape index (κ1) is 16.0. The molecule has 0 saturated heterocycles. The maximum absolute atomic E-state index is 12.4. The van der Waals surface area contributed by atoms with Gasteiger partial charge in [-0.25, -0.2) is 0 Å². The number of aliphatic hydroxyl groups excluding tert-OH is 2. The van der Waals surface area contributed by atoms with Gasteiger partial charge in [0.25, 0.3) is 0 Å². The van der Waals surface area contributed by atoms with Crippen LogP contribution in [0.25, 0.3) is 0 Å². The number of benzene rings is 1. The Balaban J connectivity index is 2.25. The first-order valence-corrected chi connectivity index (χ1v) is 6.97. The smallest absolute Gasteiger partial charge is 0.329 e. The summed E-state index contributed by atoms with van der Waals surface area (Å²) in [5.74, 6) is -1.64. The number of hydrogen-bond acceptors (Lipinski definition) is 5. The lowest BCUT2D eigenvalue weighted by molar-refractivity contribution is -0.147. The number of aliphatic hydroxyl groups is 2. The summed E-state index contributed by atoms with van der Waals surface area (Å²) in [6, 6.07) is 8.39. The molecule has 0 saturated carbocycles. The Bertz CT molecular complexity index is 644. The molecular formula is C17H18O5. The van der Waals surface area contributed by atoms with E-state index in [0.717, 1.165) is 0 Å². The number of hydrogen-bond donors (Lipinski definition) is 2. The van der Waals surface area contributed by atoms with Gasteiger partial charge in [0, 0.05) is 12.2 Å². The largest absolute Gasteiger partial charge is 0.504 e. The van der Waals surface area contributed by atoms with Crippen LogP contribution >= 0.6 is 0 Å². The van der Waals surface area contributed by atoms with Crippen LogP contribution in [0.15, 0.2) is 53.8 Å². The molecular weight excluding hydrogens is 284 g/mol. The molecule has 0 amide bonds. The van der Waals surface area contributed by atoms with Crippen molar-refractivity contribution < 1.29 is 24.5 Å². The van der Waals surface area contributed by atoms with Gasteiger partial charge in [-0.3, -0.25) is 9.59 Å². The topological polar surface area (TPSA) is 83.8 Å². The van der Waals surface area contributed by atoms with Crippen LogP contribution in [-0.2, 0) is 9.59 Å². The van der Waals surface area contributed by atoms with Gasteiger partial charge in [0.1, 0.15) is 5.75 Å². The lowest BCUT2D eigenvalue weighted by Crippen LogP contribution is -2.38. The molecule has 116 valence electrons. The number of esters is 1. The molecule has 0 aromatic heterocycles. The molecule has 2 rings (SSSR count). The Labute approximate surface area is 128 Å². The van der Waals surface area contributed by atoms with Crippen molar-refractivity contribution in [2.24, 2.45) is 5.41 Å². The Kier molecular flexibility index (Phi) is 4.47. The van der Waals surface area contributed by atoms with Crippen LogP contribution < -0.4 is 4.74 Å². The summed E-state index contributed by atoms with van der Waals surface area (Å²) in [5, 5.41) is 18.9. The third-order valence-electron chi connectivity index (χ3n) is 3.87. The minimum absolute atomic E-state index is 0.0799. The van der Waals surface area contributed by atoms with E-state index in [9.17, 15) is 14.7 Å². The second kappa shape index (κ2) is 6.15. The van der Waals surface area contributed by atoms with Crippen molar-refractivity contribution in [3.8, 4) is 5.75 Å². The zero-order chi connectivity index (χ0) is 16.3. The minimum Gasteiger partial charge on any atom is -0.504 e. The molecule has 1 aliphatic rings. The molecule has 1 atom stereocenters. The average Bonchev–Trinajstić information content (AvgIpc) is 2.69. The standard InChI is InChI=1S/C17H18O5/c1-11-13(9-6-10-18)14(19)15(20)17(11,2)16(21)22-12-7-4-3-5-8-12/h3-5,7-8,18-19H,1,6,9-10H2,2H3/t17-/m0/s1. The number of carbonyl (C=O) groups excluding carboxylic acids is 2. The van der Waals surface area contributed by atoms with Crippen LogP contribution in [0.4, 0.5) is 0 Å². The lowest BCUT2D eigenvalue weighted by atomic mass is 9.81. The predicted octanol–water partition coefficient (Wildman–Crippen LogP) is 2.32. The van der Waals surface area contributed by atoms with E-state index in [4.69, 9.17) is 9.84 Å². The molecule has 5 heteroatoms. The highest BCUT2D eigenvalue weighted by molar-refractivity contribution is 6.18. The highest BCUT2D eigenvalue weighted by Gasteiger charge is 2.53.